The molecule has 0 spiro atoms. The van der Waals surface area contributed by atoms with Crippen LogP contribution in [0, 0.1) is 5.92 Å². The van der Waals surface area contributed by atoms with Gasteiger partial charge in [-0.05, 0) is 61.2 Å². The summed E-state index contributed by atoms with van der Waals surface area (Å²) >= 11 is 6.73. The molecule has 0 bridgehead atoms. The van der Waals surface area contributed by atoms with Gasteiger partial charge in [-0.25, -0.2) is 0 Å². The third-order valence-electron chi connectivity index (χ3n) is 4.28. The van der Waals surface area contributed by atoms with E-state index in [1.807, 2.05) is 18.2 Å². The number of thiophene rings is 1. The molecule has 128 valence electrons. The number of hydrogen-bond acceptors (Lipinski definition) is 4. The van der Waals surface area contributed by atoms with Gasteiger partial charge in [0.15, 0.2) is 5.11 Å². The Bertz CT molecular complexity index is 709. The smallest absolute Gasteiger partial charge is 0.279 e. The van der Waals surface area contributed by atoms with Crippen molar-refractivity contribution in [3.63, 3.8) is 0 Å². The summed E-state index contributed by atoms with van der Waals surface area (Å²) in [6.07, 6.45) is 6.21. The fraction of sp³-hybridized carbons (Fsp3) is 0.412. The van der Waals surface area contributed by atoms with E-state index in [1.165, 1.54) is 23.3 Å². The van der Waals surface area contributed by atoms with Gasteiger partial charge in [0, 0.05) is 4.88 Å². The van der Waals surface area contributed by atoms with Gasteiger partial charge in [0.2, 0.25) is 0 Å². The summed E-state index contributed by atoms with van der Waals surface area (Å²) in [6, 6.07) is 5.70. The van der Waals surface area contributed by atoms with E-state index in [-0.39, 0.29) is 5.91 Å². The van der Waals surface area contributed by atoms with Gasteiger partial charge in [0.1, 0.15) is 5.76 Å². The SMILES string of the molecule is CC[C@@H]1CCc2sc(C(=O)NNC(=S)NCc3ccco3)cc2C1. The normalized spacial score (nSPS) is 16.3. The second-order valence-corrected chi connectivity index (χ2v) is 7.46. The predicted octanol–water partition coefficient (Wildman–Crippen LogP) is 3.17. The maximum absolute atomic E-state index is 12.3. The van der Waals surface area contributed by atoms with Crippen molar-refractivity contribution in [1.29, 1.82) is 0 Å². The zero-order chi connectivity index (χ0) is 16.9. The molecule has 2 heterocycles. The van der Waals surface area contributed by atoms with Crippen LogP contribution in [0.25, 0.3) is 0 Å². The van der Waals surface area contributed by atoms with E-state index in [4.69, 9.17) is 16.6 Å². The lowest BCUT2D eigenvalue weighted by Gasteiger charge is -2.19. The van der Waals surface area contributed by atoms with Crippen molar-refractivity contribution in [2.45, 2.75) is 39.2 Å². The molecule has 2 aromatic rings. The monoisotopic (exact) mass is 363 g/mol. The highest BCUT2D eigenvalue weighted by Crippen LogP contribution is 2.33. The van der Waals surface area contributed by atoms with E-state index in [0.717, 1.165) is 29.4 Å². The number of carbonyl (C=O) groups is 1. The Morgan fingerprint density at radius 1 is 1.46 bits per heavy atom. The summed E-state index contributed by atoms with van der Waals surface area (Å²) in [7, 11) is 0. The Kier molecular flexibility index (Phi) is 5.52. The summed E-state index contributed by atoms with van der Waals surface area (Å²) < 4.78 is 5.21. The number of hydrazine groups is 1. The van der Waals surface area contributed by atoms with Crippen molar-refractivity contribution in [2.75, 3.05) is 0 Å². The summed E-state index contributed by atoms with van der Waals surface area (Å²) in [4.78, 5) is 14.4. The zero-order valence-electron chi connectivity index (χ0n) is 13.6. The average molecular weight is 364 g/mol. The topological polar surface area (TPSA) is 66.3 Å². The highest BCUT2D eigenvalue weighted by Gasteiger charge is 2.22. The molecule has 2 aromatic heterocycles. The molecule has 0 saturated heterocycles. The molecule has 24 heavy (non-hydrogen) atoms. The Balaban J connectivity index is 1.48. The molecule has 0 aromatic carbocycles. The van der Waals surface area contributed by atoms with Crippen molar-refractivity contribution >= 4 is 34.6 Å². The molecular weight excluding hydrogens is 342 g/mol. The van der Waals surface area contributed by atoms with Crippen LogP contribution in [0.1, 0.15) is 45.6 Å². The lowest BCUT2D eigenvalue weighted by atomic mass is 9.87. The number of hydrogen-bond donors (Lipinski definition) is 3. The largest absolute Gasteiger partial charge is 0.467 e. The second kappa shape index (κ2) is 7.81. The minimum Gasteiger partial charge on any atom is -0.467 e. The van der Waals surface area contributed by atoms with E-state index in [2.05, 4.69) is 23.1 Å². The number of amides is 1. The minimum atomic E-state index is -0.149. The van der Waals surface area contributed by atoms with Gasteiger partial charge in [0.25, 0.3) is 5.91 Å². The van der Waals surface area contributed by atoms with Gasteiger partial charge in [0.05, 0.1) is 17.7 Å². The molecule has 1 aliphatic carbocycles. The molecule has 7 heteroatoms. The molecule has 0 unspecified atom stereocenters. The van der Waals surface area contributed by atoms with Crippen molar-refractivity contribution in [3.05, 3.63) is 45.5 Å². The number of nitrogens with one attached hydrogen (secondary N) is 3. The number of furan rings is 1. The molecule has 1 aliphatic rings. The molecular formula is C17H21N3O2S2. The van der Waals surface area contributed by atoms with E-state index in [9.17, 15) is 4.79 Å². The third-order valence-corrected chi connectivity index (χ3v) is 5.76. The van der Waals surface area contributed by atoms with Crippen LogP contribution in [0.15, 0.2) is 28.9 Å². The van der Waals surface area contributed by atoms with Crippen LogP contribution in [-0.4, -0.2) is 11.0 Å². The van der Waals surface area contributed by atoms with Crippen molar-refractivity contribution < 1.29 is 9.21 Å². The maximum atomic E-state index is 12.3. The van der Waals surface area contributed by atoms with Gasteiger partial charge in [-0.3, -0.25) is 15.6 Å². The Morgan fingerprint density at radius 3 is 3.08 bits per heavy atom. The Hall–Kier alpha value is -1.86. The van der Waals surface area contributed by atoms with Gasteiger partial charge in [-0.15, -0.1) is 11.3 Å². The molecule has 0 radical (unpaired) electrons. The summed E-state index contributed by atoms with van der Waals surface area (Å²) in [5.74, 6) is 1.38. The van der Waals surface area contributed by atoms with Crippen LogP contribution in [0.2, 0.25) is 0 Å². The van der Waals surface area contributed by atoms with Gasteiger partial charge >= 0.3 is 0 Å². The van der Waals surface area contributed by atoms with Crippen molar-refractivity contribution in [2.24, 2.45) is 5.92 Å². The fourth-order valence-corrected chi connectivity index (χ4v) is 4.09. The molecule has 3 N–H and O–H groups in total. The molecule has 0 aliphatic heterocycles. The quantitative estimate of drug-likeness (QED) is 0.575. The second-order valence-electron chi connectivity index (χ2n) is 5.92. The Morgan fingerprint density at radius 2 is 2.33 bits per heavy atom. The third kappa shape index (κ3) is 4.15. The van der Waals surface area contributed by atoms with E-state index < -0.39 is 0 Å². The zero-order valence-corrected chi connectivity index (χ0v) is 15.2. The highest BCUT2D eigenvalue weighted by molar-refractivity contribution is 7.80. The lowest BCUT2D eigenvalue weighted by molar-refractivity contribution is 0.0947. The molecule has 3 rings (SSSR count). The molecule has 0 fully saturated rings. The number of thiocarbonyl (C=S) groups is 1. The lowest BCUT2D eigenvalue weighted by Crippen LogP contribution is -2.46. The summed E-state index contributed by atoms with van der Waals surface area (Å²) in [6.45, 7) is 2.71. The van der Waals surface area contributed by atoms with E-state index in [0.29, 0.717) is 11.7 Å². The minimum absolute atomic E-state index is 0.149. The Labute approximate surface area is 150 Å². The van der Waals surface area contributed by atoms with Gasteiger partial charge in [-0.1, -0.05) is 13.3 Å². The van der Waals surface area contributed by atoms with E-state index >= 15 is 0 Å². The fourth-order valence-electron chi connectivity index (χ4n) is 2.86. The van der Waals surface area contributed by atoms with Crippen LogP contribution < -0.4 is 16.2 Å². The van der Waals surface area contributed by atoms with Crippen LogP contribution in [-0.2, 0) is 19.4 Å². The molecule has 1 amide bonds. The van der Waals surface area contributed by atoms with Crippen molar-refractivity contribution in [1.82, 2.24) is 16.2 Å². The standard InChI is InChI=1S/C17H21N3O2S2/c1-2-11-5-6-14-12(8-11)9-15(24-14)16(21)19-20-17(23)18-10-13-4-3-7-22-13/h3-4,7,9,11H,2,5-6,8,10H2,1H3,(H,19,21)(H2,18,20,23)/t11-/m1/s1. The first-order valence-corrected chi connectivity index (χ1v) is 9.36. The van der Waals surface area contributed by atoms with Crippen LogP contribution >= 0.6 is 23.6 Å². The van der Waals surface area contributed by atoms with Gasteiger partial charge < -0.3 is 9.73 Å². The number of carbonyl (C=O) groups excluding carboxylic acids is 1. The van der Waals surface area contributed by atoms with Crippen LogP contribution in [0.4, 0.5) is 0 Å². The first kappa shape index (κ1) is 17.0. The highest BCUT2D eigenvalue weighted by atomic mass is 32.1. The van der Waals surface area contributed by atoms with Crippen LogP contribution in [0.3, 0.4) is 0 Å². The van der Waals surface area contributed by atoms with Crippen molar-refractivity contribution in [3.8, 4) is 0 Å². The predicted molar refractivity (Wildman–Crippen MR) is 98.9 cm³/mol. The number of fused-ring (bicyclic) bond motifs is 1. The molecule has 0 saturated carbocycles. The van der Waals surface area contributed by atoms with E-state index in [1.54, 1.807) is 17.6 Å². The number of rotatable bonds is 4. The summed E-state index contributed by atoms with van der Waals surface area (Å²) in [5, 5.41) is 3.32. The first-order valence-electron chi connectivity index (χ1n) is 8.14. The van der Waals surface area contributed by atoms with Crippen LogP contribution in [0.5, 0.6) is 0 Å². The first-order chi connectivity index (χ1) is 11.7. The molecule has 5 nitrogen and oxygen atoms in total. The molecule has 1 atom stereocenters. The van der Waals surface area contributed by atoms with Gasteiger partial charge in [-0.2, -0.15) is 0 Å². The average Bonchev–Trinajstić information content (AvgIpc) is 3.26. The number of aryl methyl sites for hydroxylation is 1. The summed E-state index contributed by atoms with van der Waals surface area (Å²) in [5.41, 5.74) is 6.71. The maximum Gasteiger partial charge on any atom is 0.279 e.